The first kappa shape index (κ1) is 21.6. The van der Waals surface area contributed by atoms with Gasteiger partial charge in [0.05, 0.1) is 13.1 Å². The lowest BCUT2D eigenvalue weighted by atomic mass is 9.94. The highest BCUT2D eigenvalue weighted by atomic mass is 32.1. The summed E-state index contributed by atoms with van der Waals surface area (Å²) in [6.07, 6.45) is 0. The number of rotatable bonds is 7. The molecule has 5 rings (SSSR count). The maximum absolute atomic E-state index is 13.5. The summed E-state index contributed by atoms with van der Waals surface area (Å²) in [5, 5.41) is 5.43. The zero-order chi connectivity index (χ0) is 22.8. The normalized spacial score (nSPS) is 14.2. The predicted molar refractivity (Wildman–Crippen MR) is 127 cm³/mol. The van der Waals surface area contributed by atoms with Crippen LogP contribution < -0.4 is 29.2 Å². The summed E-state index contributed by atoms with van der Waals surface area (Å²) >= 11 is 1.63. The Kier molecular flexibility index (Phi) is 5.86. The molecule has 0 radical (unpaired) electrons. The zero-order valence-electron chi connectivity index (χ0n) is 18.6. The highest BCUT2D eigenvalue weighted by molar-refractivity contribution is 7.09. The molecular weight excluding hydrogens is 440 g/mol. The van der Waals surface area contributed by atoms with Crippen LogP contribution in [0, 0.1) is 0 Å². The number of fused-ring (bicyclic) bond motifs is 2. The first-order valence-corrected chi connectivity index (χ1v) is 11.8. The molecule has 0 fully saturated rings. The Morgan fingerprint density at radius 1 is 0.970 bits per heavy atom. The summed E-state index contributed by atoms with van der Waals surface area (Å²) in [5.41, 5.74) is 1.35. The van der Waals surface area contributed by atoms with Crippen molar-refractivity contribution in [3.63, 3.8) is 0 Å². The fourth-order valence-electron chi connectivity index (χ4n) is 3.86. The van der Waals surface area contributed by atoms with Crippen molar-refractivity contribution in [1.29, 1.82) is 0 Å². The molecular formula is C25H26N2O5S. The summed E-state index contributed by atoms with van der Waals surface area (Å²) in [6, 6.07) is 15.5. The Morgan fingerprint density at radius 2 is 1.70 bits per heavy atom. The maximum Gasteiger partial charge on any atom is 0.241 e. The molecule has 8 heteroatoms. The Labute approximate surface area is 196 Å². The van der Waals surface area contributed by atoms with Gasteiger partial charge in [-0.05, 0) is 55.1 Å². The number of carbonyl (C=O) groups is 1. The average molecular weight is 467 g/mol. The van der Waals surface area contributed by atoms with Crippen molar-refractivity contribution in [2.75, 3.05) is 31.5 Å². The van der Waals surface area contributed by atoms with E-state index in [2.05, 4.69) is 5.32 Å². The molecule has 2 aliphatic heterocycles. The van der Waals surface area contributed by atoms with Crippen LogP contribution in [0.2, 0.25) is 0 Å². The van der Waals surface area contributed by atoms with E-state index in [1.807, 2.05) is 67.8 Å². The number of hydrogen-bond donors (Lipinski definition) is 1. The minimum Gasteiger partial charge on any atom is -0.486 e. The first-order valence-electron chi connectivity index (χ1n) is 10.9. The van der Waals surface area contributed by atoms with Gasteiger partial charge < -0.3 is 23.8 Å². The van der Waals surface area contributed by atoms with Gasteiger partial charge >= 0.3 is 0 Å². The van der Waals surface area contributed by atoms with Crippen LogP contribution in [0.1, 0.15) is 24.3 Å². The topological polar surface area (TPSA) is 69.3 Å². The van der Waals surface area contributed by atoms with Crippen LogP contribution >= 0.6 is 11.3 Å². The number of benzene rings is 2. The molecule has 0 atom stereocenters. The van der Waals surface area contributed by atoms with Crippen LogP contribution in [-0.2, 0) is 16.9 Å². The van der Waals surface area contributed by atoms with E-state index in [1.54, 1.807) is 16.2 Å². The molecule has 33 heavy (non-hydrogen) atoms. The van der Waals surface area contributed by atoms with Gasteiger partial charge in [0.15, 0.2) is 23.0 Å². The quantitative estimate of drug-likeness (QED) is 0.560. The molecule has 3 aromatic rings. The van der Waals surface area contributed by atoms with Crippen LogP contribution in [0.15, 0.2) is 53.9 Å². The molecule has 2 aliphatic rings. The van der Waals surface area contributed by atoms with Gasteiger partial charge in [-0.1, -0.05) is 12.1 Å². The Balaban J connectivity index is 1.34. The minimum absolute atomic E-state index is 0.0334. The Hall–Kier alpha value is -3.23. The van der Waals surface area contributed by atoms with E-state index in [0.29, 0.717) is 31.3 Å². The van der Waals surface area contributed by atoms with Crippen molar-refractivity contribution < 1.29 is 23.7 Å². The largest absolute Gasteiger partial charge is 0.486 e. The molecule has 0 bridgehead atoms. The standard InChI is InChI=1S/C25H26N2O5S/c1-25(2,17-5-7-21-22(12-17)32-16-31-21)26-14-24(28)27(15-19-4-3-11-33-19)18-6-8-20-23(13-18)30-10-9-29-20/h3-8,11-13,26H,9-10,14-16H2,1-2H3. The second-order valence-corrected chi connectivity index (χ2v) is 9.47. The predicted octanol–water partition coefficient (Wildman–Crippen LogP) is 4.31. The Bertz CT molecular complexity index is 1150. The van der Waals surface area contributed by atoms with Crippen molar-refractivity contribution in [2.45, 2.75) is 25.9 Å². The summed E-state index contributed by atoms with van der Waals surface area (Å²) in [4.78, 5) is 16.3. The van der Waals surface area contributed by atoms with E-state index in [-0.39, 0.29) is 19.2 Å². The zero-order valence-corrected chi connectivity index (χ0v) is 19.4. The molecule has 172 valence electrons. The van der Waals surface area contributed by atoms with Gasteiger partial charge in [0.2, 0.25) is 12.7 Å². The molecule has 0 unspecified atom stereocenters. The number of nitrogens with zero attached hydrogens (tertiary/aromatic N) is 1. The van der Waals surface area contributed by atoms with E-state index in [9.17, 15) is 4.79 Å². The van der Waals surface area contributed by atoms with Gasteiger partial charge in [-0.2, -0.15) is 0 Å². The van der Waals surface area contributed by atoms with E-state index < -0.39 is 5.54 Å². The fraction of sp³-hybridized carbons (Fsp3) is 0.320. The number of nitrogens with one attached hydrogen (secondary N) is 1. The molecule has 7 nitrogen and oxygen atoms in total. The Morgan fingerprint density at radius 3 is 2.52 bits per heavy atom. The number of ether oxygens (including phenoxy) is 4. The number of amides is 1. The molecule has 1 N–H and O–H groups in total. The third-order valence-electron chi connectivity index (χ3n) is 5.81. The molecule has 3 heterocycles. The lowest BCUT2D eigenvalue weighted by Gasteiger charge is -2.30. The van der Waals surface area contributed by atoms with Crippen LogP contribution in [0.5, 0.6) is 23.0 Å². The molecule has 2 aromatic carbocycles. The molecule has 1 aromatic heterocycles. The summed E-state index contributed by atoms with van der Waals surface area (Å²) < 4.78 is 22.3. The lowest BCUT2D eigenvalue weighted by molar-refractivity contribution is -0.118. The van der Waals surface area contributed by atoms with Gasteiger partial charge in [0.1, 0.15) is 13.2 Å². The van der Waals surface area contributed by atoms with Gasteiger partial charge in [-0.25, -0.2) is 0 Å². The minimum atomic E-state index is -0.446. The van der Waals surface area contributed by atoms with Crippen molar-refractivity contribution in [3.8, 4) is 23.0 Å². The van der Waals surface area contributed by atoms with Gasteiger partial charge in [0.25, 0.3) is 0 Å². The van der Waals surface area contributed by atoms with Gasteiger partial charge in [-0.15, -0.1) is 11.3 Å². The second-order valence-electron chi connectivity index (χ2n) is 8.43. The van der Waals surface area contributed by atoms with E-state index in [4.69, 9.17) is 18.9 Å². The molecule has 0 saturated heterocycles. The molecule has 0 saturated carbocycles. The van der Waals surface area contributed by atoms with E-state index in [0.717, 1.165) is 27.6 Å². The average Bonchev–Trinajstić information content (AvgIpc) is 3.52. The third-order valence-corrected chi connectivity index (χ3v) is 6.67. The maximum atomic E-state index is 13.5. The third kappa shape index (κ3) is 4.62. The van der Waals surface area contributed by atoms with Crippen molar-refractivity contribution in [3.05, 3.63) is 64.4 Å². The highest BCUT2D eigenvalue weighted by Gasteiger charge is 2.26. The van der Waals surface area contributed by atoms with E-state index >= 15 is 0 Å². The number of anilines is 1. The SMILES string of the molecule is CC(C)(NCC(=O)N(Cc1cccs1)c1ccc2c(c1)OCCO2)c1ccc2c(c1)OCO2. The van der Waals surface area contributed by atoms with Crippen molar-refractivity contribution >= 4 is 22.9 Å². The lowest BCUT2D eigenvalue weighted by Crippen LogP contribution is -2.45. The number of thiophene rings is 1. The van der Waals surface area contributed by atoms with Crippen LogP contribution in [-0.4, -0.2) is 32.5 Å². The van der Waals surface area contributed by atoms with Gasteiger partial charge in [-0.3, -0.25) is 10.1 Å². The smallest absolute Gasteiger partial charge is 0.241 e. The highest BCUT2D eigenvalue weighted by Crippen LogP contribution is 2.36. The van der Waals surface area contributed by atoms with Gasteiger partial charge in [0, 0.05) is 22.2 Å². The van der Waals surface area contributed by atoms with Crippen molar-refractivity contribution in [1.82, 2.24) is 5.32 Å². The van der Waals surface area contributed by atoms with Crippen molar-refractivity contribution in [2.24, 2.45) is 0 Å². The summed E-state index contributed by atoms with van der Waals surface area (Å²) in [7, 11) is 0. The second kappa shape index (κ2) is 8.96. The monoisotopic (exact) mass is 466 g/mol. The number of carbonyl (C=O) groups excluding carboxylic acids is 1. The fourth-order valence-corrected chi connectivity index (χ4v) is 4.55. The first-order chi connectivity index (χ1) is 16.0. The molecule has 1 amide bonds. The van der Waals surface area contributed by atoms with Crippen LogP contribution in [0.3, 0.4) is 0 Å². The summed E-state index contributed by atoms with van der Waals surface area (Å²) in [5.74, 6) is 2.80. The number of hydrogen-bond acceptors (Lipinski definition) is 7. The summed E-state index contributed by atoms with van der Waals surface area (Å²) in [6.45, 7) is 6.02. The van der Waals surface area contributed by atoms with E-state index in [1.165, 1.54) is 0 Å². The van der Waals surface area contributed by atoms with Crippen LogP contribution in [0.25, 0.3) is 0 Å². The molecule has 0 aliphatic carbocycles. The molecule has 0 spiro atoms. The van der Waals surface area contributed by atoms with Crippen LogP contribution in [0.4, 0.5) is 5.69 Å².